The third-order valence-corrected chi connectivity index (χ3v) is 4.33. The topological polar surface area (TPSA) is 50.0 Å². The number of methoxy groups -OCH3 is 1. The first-order valence-corrected chi connectivity index (χ1v) is 8.22. The highest BCUT2D eigenvalue weighted by molar-refractivity contribution is 5.86. The van der Waals surface area contributed by atoms with E-state index in [1.54, 1.807) is 7.11 Å². The third kappa shape index (κ3) is 3.57. The number of hydrogen-bond donors (Lipinski definition) is 1. The number of nitrogens with one attached hydrogen (secondary N) is 1. The van der Waals surface area contributed by atoms with E-state index in [9.17, 15) is 5.26 Å². The van der Waals surface area contributed by atoms with Crippen LogP contribution in [0.4, 0.5) is 0 Å². The summed E-state index contributed by atoms with van der Waals surface area (Å²) in [7, 11) is 1.67. The van der Waals surface area contributed by atoms with Crippen molar-refractivity contribution in [2.45, 2.75) is 12.6 Å². The molecule has 0 bridgehead atoms. The Hall–Kier alpha value is -3.03. The van der Waals surface area contributed by atoms with Crippen molar-refractivity contribution in [1.82, 2.24) is 9.88 Å². The quantitative estimate of drug-likeness (QED) is 0.665. The molecule has 1 atom stereocenters. The predicted octanol–water partition coefficient (Wildman–Crippen LogP) is 4.04. The summed E-state index contributed by atoms with van der Waals surface area (Å²) < 4.78 is 7.29. The number of para-hydroxylation sites is 1. The summed E-state index contributed by atoms with van der Waals surface area (Å²) in [5.41, 5.74) is 2.94. The zero-order chi connectivity index (χ0) is 17.6. The molecule has 0 amide bonds. The fraction of sp³-hybridized carbons (Fsp3) is 0.190. The van der Waals surface area contributed by atoms with Crippen LogP contribution in [-0.2, 0) is 6.54 Å². The lowest BCUT2D eigenvalue weighted by atomic mass is 10.2. The molecule has 0 spiro atoms. The van der Waals surface area contributed by atoms with Crippen molar-refractivity contribution < 1.29 is 4.74 Å². The maximum absolute atomic E-state index is 9.36. The minimum atomic E-state index is 0.0743. The zero-order valence-corrected chi connectivity index (χ0v) is 14.3. The Kier molecular flexibility index (Phi) is 5.17. The van der Waals surface area contributed by atoms with Crippen LogP contribution in [0.25, 0.3) is 10.9 Å². The number of hydrogen-bond acceptors (Lipinski definition) is 3. The first kappa shape index (κ1) is 16.8. The summed E-state index contributed by atoms with van der Waals surface area (Å²) in [6.07, 6.45) is 3.82. The lowest BCUT2D eigenvalue weighted by molar-refractivity contribution is 0.414. The van der Waals surface area contributed by atoms with E-state index in [1.807, 2.05) is 60.8 Å². The molecule has 0 radical (unpaired) electrons. The van der Waals surface area contributed by atoms with Crippen molar-refractivity contribution in [2.75, 3.05) is 13.7 Å². The van der Waals surface area contributed by atoms with Crippen LogP contribution in [0.15, 0.2) is 67.4 Å². The Bertz CT molecular complexity index is 903. The summed E-state index contributed by atoms with van der Waals surface area (Å²) in [4.78, 5) is 0. The SMILES string of the molecule is C=C[C@@H](CNCc1ccc(OC)cc1)n1cc(C#N)c2ccccc21. The van der Waals surface area contributed by atoms with Gasteiger partial charge in [-0.2, -0.15) is 5.26 Å². The van der Waals surface area contributed by atoms with E-state index in [0.29, 0.717) is 5.56 Å². The number of aromatic nitrogens is 1. The van der Waals surface area contributed by atoms with Gasteiger partial charge in [-0.05, 0) is 23.8 Å². The molecule has 0 aliphatic rings. The standard InChI is InChI=1S/C21H21N3O/c1-3-18(14-23-13-16-8-10-19(25-2)11-9-16)24-15-17(12-22)20-6-4-5-7-21(20)24/h3-11,15,18,23H,1,13-14H2,2H3/t18-/m0/s1. The summed E-state index contributed by atoms with van der Waals surface area (Å²) in [5, 5.41) is 13.8. The van der Waals surface area contributed by atoms with Crippen molar-refractivity contribution in [3.05, 3.63) is 78.5 Å². The number of fused-ring (bicyclic) bond motifs is 1. The highest BCUT2D eigenvalue weighted by atomic mass is 16.5. The molecule has 0 fully saturated rings. The minimum Gasteiger partial charge on any atom is -0.497 e. The van der Waals surface area contributed by atoms with Gasteiger partial charge in [-0.3, -0.25) is 0 Å². The van der Waals surface area contributed by atoms with Gasteiger partial charge in [-0.15, -0.1) is 6.58 Å². The Balaban J connectivity index is 1.72. The molecular weight excluding hydrogens is 310 g/mol. The molecule has 1 aromatic heterocycles. The van der Waals surface area contributed by atoms with Crippen LogP contribution in [0.5, 0.6) is 5.75 Å². The van der Waals surface area contributed by atoms with Crippen LogP contribution < -0.4 is 10.1 Å². The van der Waals surface area contributed by atoms with Crippen LogP contribution in [0.2, 0.25) is 0 Å². The van der Waals surface area contributed by atoms with Gasteiger partial charge in [0, 0.05) is 30.2 Å². The van der Waals surface area contributed by atoms with Gasteiger partial charge < -0.3 is 14.6 Å². The van der Waals surface area contributed by atoms with Gasteiger partial charge in [-0.25, -0.2) is 0 Å². The third-order valence-electron chi connectivity index (χ3n) is 4.33. The van der Waals surface area contributed by atoms with Crippen molar-refractivity contribution >= 4 is 10.9 Å². The molecule has 4 heteroatoms. The van der Waals surface area contributed by atoms with E-state index in [2.05, 4.69) is 22.5 Å². The molecule has 3 aromatic rings. The molecule has 25 heavy (non-hydrogen) atoms. The number of nitrogens with zero attached hydrogens (tertiary/aromatic N) is 2. The van der Waals surface area contributed by atoms with E-state index < -0.39 is 0 Å². The smallest absolute Gasteiger partial charge is 0.118 e. The maximum atomic E-state index is 9.36. The molecular formula is C21H21N3O. The highest BCUT2D eigenvalue weighted by Crippen LogP contribution is 2.24. The molecule has 4 nitrogen and oxygen atoms in total. The second-order valence-corrected chi connectivity index (χ2v) is 5.86. The van der Waals surface area contributed by atoms with Gasteiger partial charge in [0.15, 0.2) is 0 Å². The molecule has 0 aliphatic heterocycles. The summed E-state index contributed by atoms with van der Waals surface area (Å²) >= 11 is 0. The first-order chi connectivity index (χ1) is 12.3. The molecule has 3 rings (SSSR count). The number of ether oxygens (including phenoxy) is 1. The van der Waals surface area contributed by atoms with E-state index in [1.165, 1.54) is 5.56 Å². The molecule has 2 aromatic carbocycles. The van der Waals surface area contributed by atoms with E-state index in [4.69, 9.17) is 4.74 Å². The fourth-order valence-corrected chi connectivity index (χ4v) is 2.97. The second kappa shape index (κ2) is 7.69. The number of rotatable bonds is 7. The van der Waals surface area contributed by atoms with Crippen LogP contribution >= 0.6 is 0 Å². The Morgan fingerprint density at radius 1 is 1.24 bits per heavy atom. The lowest BCUT2D eigenvalue weighted by Gasteiger charge is -2.17. The van der Waals surface area contributed by atoms with Crippen molar-refractivity contribution in [1.29, 1.82) is 5.26 Å². The average molecular weight is 331 g/mol. The van der Waals surface area contributed by atoms with Gasteiger partial charge in [0.2, 0.25) is 0 Å². The van der Waals surface area contributed by atoms with Crippen molar-refractivity contribution in [3.8, 4) is 11.8 Å². The van der Waals surface area contributed by atoms with Crippen LogP contribution in [0.1, 0.15) is 17.2 Å². The Morgan fingerprint density at radius 3 is 2.68 bits per heavy atom. The molecule has 0 saturated carbocycles. The summed E-state index contributed by atoms with van der Waals surface area (Å²) in [5.74, 6) is 0.857. The molecule has 126 valence electrons. The number of benzene rings is 2. The largest absolute Gasteiger partial charge is 0.497 e. The molecule has 1 N–H and O–H groups in total. The van der Waals surface area contributed by atoms with Crippen molar-refractivity contribution in [2.24, 2.45) is 0 Å². The van der Waals surface area contributed by atoms with Gasteiger partial charge in [0.05, 0.1) is 18.7 Å². The van der Waals surface area contributed by atoms with Gasteiger partial charge in [-0.1, -0.05) is 36.4 Å². The van der Waals surface area contributed by atoms with Crippen LogP contribution in [0.3, 0.4) is 0 Å². The van der Waals surface area contributed by atoms with Crippen LogP contribution in [0, 0.1) is 11.3 Å². The van der Waals surface area contributed by atoms with Gasteiger partial charge >= 0.3 is 0 Å². The molecule has 0 saturated heterocycles. The lowest BCUT2D eigenvalue weighted by Crippen LogP contribution is -2.23. The van der Waals surface area contributed by atoms with Crippen LogP contribution in [-0.4, -0.2) is 18.2 Å². The summed E-state index contributed by atoms with van der Waals surface area (Å²) in [6.45, 7) is 5.47. The van der Waals surface area contributed by atoms with E-state index in [0.717, 1.165) is 29.7 Å². The zero-order valence-electron chi connectivity index (χ0n) is 14.3. The minimum absolute atomic E-state index is 0.0743. The second-order valence-electron chi connectivity index (χ2n) is 5.86. The Morgan fingerprint density at radius 2 is 2.00 bits per heavy atom. The van der Waals surface area contributed by atoms with Crippen molar-refractivity contribution in [3.63, 3.8) is 0 Å². The van der Waals surface area contributed by atoms with Gasteiger partial charge in [0.1, 0.15) is 11.8 Å². The van der Waals surface area contributed by atoms with Gasteiger partial charge in [0.25, 0.3) is 0 Å². The normalized spacial score (nSPS) is 11.8. The molecule has 1 heterocycles. The first-order valence-electron chi connectivity index (χ1n) is 8.22. The monoisotopic (exact) mass is 331 g/mol. The number of nitriles is 1. The predicted molar refractivity (Wildman–Crippen MR) is 101 cm³/mol. The Labute approximate surface area is 148 Å². The van der Waals surface area contributed by atoms with E-state index in [-0.39, 0.29) is 6.04 Å². The molecule has 0 unspecified atom stereocenters. The van der Waals surface area contributed by atoms with E-state index >= 15 is 0 Å². The highest BCUT2D eigenvalue weighted by Gasteiger charge is 2.13. The fourth-order valence-electron chi connectivity index (χ4n) is 2.97. The summed E-state index contributed by atoms with van der Waals surface area (Å²) in [6, 6.07) is 18.3. The maximum Gasteiger partial charge on any atom is 0.118 e. The molecule has 0 aliphatic carbocycles. The average Bonchev–Trinajstić information content (AvgIpc) is 3.04.